The van der Waals surface area contributed by atoms with Gasteiger partial charge in [-0.25, -0.2) is 0 Å². The number of anilines is 2. The maximum Gasteiger partial charge on any atom is 0.0656 e. The minimum atomic E-state index is 0.658. The molecule has 106 valence electrons. The Morgan fingerprint density at radius 2 is 2.05 bits per heavy atom. The first kappa shape index (κ1) is 14.5. The van der Waals surface area contributed by atoms with E-state index in [0.717, 1.165) is 26.2 Å². The van der Waals surface area contributed by atoms with Crippen molar-refractivity contribution >= 4 is 23.0 Å². The number of benzene rings is 1. The molecular weight excluding hydrogens is 258 g/mol. The highest BCUT2D eigenvalue weighted by Crippen LogP contribution is 2.32. The van der Waals surface area contributed by atoms with Gasteiger partial charge in [0.25, 0.3) is 0 Å². The van der Waals surface area contributed by atoms with Crippen molar-refractivity contribution in [2.75, 3.05) is 36.8 Å². The van der Waals surface area contributed by atoms with Crippen molar-refractivity contribution in [1.82, 2.24) is 4.90 Å². The summed E-state index contributed by atoms with van der Waals surface area (Å²) in [5.74, 6) is 0. The maximum absolute atomic E-state index is 6.16. The molecule has 1 saturated heterocycles. The predicted molar refractivity (Wildman–Crippen MR) is 84.1 cm³/mol. The van der Waals surface area contributed by atoms with Gasteiger partial charge in [-0.3, -0.25) is 4.90 Å². The van der Waals surface area contributed by atoms with Crippen LogP contribution in [0, 0.1) is 6.92 Å². The maximum atomic E-state index is 6.16. The molecule has 1 heterocycles. The van der Waals surface area contributed by atoms with Crippen molar-refractivity contribution in [3.05, 3.63) is 22.7 Å². The average molecular weight is 282 g/mol. The van der Waals surface area contributed by atoms with Gasteiger partial charge < -0.3 is 10.6 Å². The van der Waals surface area contributed by atoms with Gasteiger partial charge in [0.2, 0.25) is 0 Å². The molecule has 2 N–H and O–H groups in total. The summed E-state index contributed by atoms with van der Waals surface area (Å²) >= 11 is 6.16. The third-order valence-corrected chi connectivity index (χ3v) is 4.48. The van der Waals surface area contributed by atoms with Crippen LogP contribution < -0.4 is 10.6 Å². The molecule has 19 heavy (non-hydrogen) atoms. The van der Waals surface area contributed by atoms with E-state index in [-0.39, 0.29) is 0 Å². The Balaban J connectivity index is 2.15. The summed E-state index contributed by atoms with van der Waals surface area (Å²) in [7, 11) is 0. The zero-order chi connectivity index (χ0) is 14.0. The Morgan fingerprint density at radius 1 is 1.37 bits per heavy atom. The molecule has 1 unspecified atom stereocenters. The highest BCUT2D eigenvalue weighted by molar-refractivity contribution is 6.33. The molecular formula is C15H24ClN3. The number of halogens is 1. The fraction of sp³-hybridized carbons (Fsp3) is 0.600. The summed E-state index contributed by atoms with van der Waals surface area (Å²) in [5, 5.41) is 0.659. The summed E-state index contributed by atoms with van der Waals surface area (Å²) < 4.78 is 0. The Kier molecular flexibility index (Phi) is 4.58. The first-order valence-electron chi connectivity index (χ1n) is 7.11. The average Bonchev–Trinajstić information content (AvgIpc) is 2.85. The monoisotopic (exact) mass is 281 g/mol. The van der Waals surface area contributed by atoms with E-state index in [1.54, 1.807) is 0 Å². The lowest BCUT2D eigenvalue weighted by Gasteiger charge is -2.27. The smallest absolute Gasteiger partial charge is 0.0656 e. The van der Waals surface area contributed by atoms with Gasteiger partial charge >= 0.3 is 0 Å². The molecule has 3 nitrogen and oxygen atoms in total. The SMILES string of the molecule is CCN(CC)C1CCN(c2cc(Cl)c(N)cc2C)C1. The second kappa shape index (κ2) is 6.02. The molecule has 0 aromatic heterocycles. The van der Waals surface area contributed by atoms with Gasteiger partial charge in [-0.05, 0) is 44.1 Å². The van der Waals surface area contributed by atoms with Crippen LogP contribution in [0.2, 0.25) is 5.02 Å². The third kappa shape index (κ3) is 2.98. The number of rotatable bonds is 4. The van der Waals surface area contributed by atoms with Gasteiger partial charge in [-0.15, -0.1) is 0 Å². The van der Waals surface area contributed by atoms with Gasteiger partial charge in [0.1, 0.15) is 0 Å². The van der Waals surface area contributed by atoms with Crippen LogP contribution in [0.3, 0.4) is 0 Å². The Bertz CT molecular complexity index is 443. The van der Waals surface area contributed by atoms with Crippen molar-refractivity contribution in [3.8, 4) is 0 Å². The largest absolute Gasteiger partial charge is 0.398 e. The molecule has 4 heteroatoms. The Morgan fingerprint density at radius 3 is 2.68 bits per heavy atom. The third-order valence-electron chi connectivity index (χ3n) is 4.15. The molecule has 1 aliphatic rings. The molecule has 0 amide bonds. The minimum Gasteiger partial charge on any atom is -0.398 e. The zero-order valence-corrected chi connectivity index (χ0v) is 12.9. The van der Waals surface area contributed by atoms with Crippen LogP contribution in [0.15, 0.2) is 12.1 Å². The highest BCUT2D eigenvalue weighted by Gasteiger charge is 2.27. The topological polar surface area (TPSA) is 32.5 Å². The number of hydrogen-bond acceptors (Lipinski definition) is 3. The normalized spacial score (nSPS) is 19.4. The van der Waals surface area contributed by atoms with Gasteiger partial charge in [0.15, 0.2) is 0 Å². The van der Waals surface area contributed by atoms with Crippen LogP contribution in [-0.4, -0.2) is 37.1 Å². The lowest BCUT2D eigenvalue weighted by molar-refractivity contribution is 0.232. The first-order valence-corrected chi connectivity index (χ1v) is 7.49. The summed E-state index contributed by atoms with van der Waals surface area (Å²) in [4.78, 5) is 4.97. The van der Waals surface area contributed by atoms with Crippen LogP contribution in [0.25, 0.3) is 0 Å². The molecule has 1 atom stereocenters. The van der Waals surface area contributed by atoms with Crippen LogP contribution in [0.5, 0.6) is 0 Å². The molecule has 0 radical (unpaired) electrons. The lowest BCUT2D eigenvalue weighted by atomic mass is 10.1. The molecule has 0 saturated carbocycles. The summed E-state index contributed by atoms with van der Waals surface area (Å²) in [6, 6.07) is 4.64. The lowest BCUT2D eigenvalue weighted by Crippen LogP contribution is -2.37. The van der Waals surface area contributed by atoms with Crippen LogP contribution >= 0.6 is 11.6 Å². The zero-order valence-electron chi connectivity index (χ0n) is 12.1. The number of nitrogen functional groups attached to an aromatic ring is 1. The molecule has 1 aromatic carbocycles. The predicted octanol–water partition coefficient (Wildman–Crippen LogP) is 3.15. The number of nitrogens with zero attached hydrogens (tertiary/aromatic N) is 2. The van der Waals surface area contributed by atoms with Crippen molar-refractivity contribution in [1.29, 1.82) is 0 Å². The van der Waals surface area contributed by atoms with Gasteiger partial charge in [0.05, 0.1) is 10.7 Å². The standard InChI is InChI=1S/C15H24ClN3/c1-4-18(5-2)12-6-7-19(10-12)15-9-13(16)14(17)8-11(15)3/h8-9,12H,4-7,10,17H2,1-3H3. The minimum absolute atomic E-state index is 0.658. The summed E-state index contributed by atoms with van der Waals surface area (Å²) in [6.07, 6.45) is 1.23. The van der Waals surface area contributed by atoms with E-state index in [4.69, 9.17) is 17.3 Å². The number of hydrogen-bond donors (Lipinski definition) is 1. The molecule has 1 fully saturated rings. The van der Waals surface area contributed by atoms with Crippen LogP contribution in [-0.2, 0) is 0 Å². The first-order chi connectivity index (χ1) is 9.06. The number of aryl methyl sites for hydroxylation is 1. The molecule has 1 aliphatic heterocycles. The van der Waals surface area contributed by atoms with E-state index in [1.165, 1.54) is 17.7 Å². The fourth-order valence-electron chi connectivity index (χ4n) is 3.03. The van der Waals surface area contributed by atoms with Gasteiger partial charge in [-0.1, -0.05) is 25.4 Å². The fourth-order valence-corrected chi connectivity index (χ4v) is 3.19. The number of likely N-dealkylation sites (N-methyl/N-ethyl adjacent to an activating group) is 1. The summed E-state index contributed by atoms with van der Waals surface area (Å²) in [6.45, 7) is 11.0. The van der Waals surface area contributed by atoms with E-state index in [0.29, 0.717) is 16.8 Å². The highest BCUT2D eigenvalue weighted by atomic mass is 35.5. The van der Waals surface area contributed by atoms with Crippen LogP contribution in [0.1, 0.15) is 25.8 Å². The van der Waals surface area contributed by atoms with E-state index in [1.807, 2.05) is 12.1 Å². The van der Waals surface area contributed by atoms with Crippen molar-refractivity contribution in [3.63, 3.8) is 0 Å². The molecule has 0 spiro atoms. The van der Waals surface area contributed by atoms with Gasteiger partial charge in [0, 0.05) is 24.8 Å². The van der Waals surface area contributed by atoms with E-state index in [9.17, 15) is 0 Å². The Labute approximate surface area is 121 Å². The van der Waals surface area contributed by atoms with E-state index in [2.05, 4.69) is 30.6 Å². The quantitative estimate of drug-likeness (QED) is 0.861. The van der Waals surface area contributed by atoms with Crippen molar-refractivity contribution in [2.45, 2.75) is 33.2 Å². The Hall–Kier alpha value is -0.930. The molecule has 0 aliphatic carbocycles. The molecule has 0 bridgehead atoms. The van der Waals surface area contributed by atoms with Crippen LogP contribution in [0.4, 0.5) is 11.4 Å². The van der Waals surface area contributed by atoms with Crippen molar-refractivity contribution < 1.29 is 0 Å². The van der Waals surface area contributed by atoms with Gasteiger partial charge in [-0.2, -0.15) is 0 Å². The molecule has 1 aromatic rings. The van der Waals surface area contributed by atoms with E-state index < -0.39 is 0 Å². The van der Waals surface area contributed by atoms with E-state index >= 15 is 0 Å². The second-order valence-corrected chi connectivity index (χ2v) is 5.68. The summed E-state index contributed by atoms with van der Waals surface area (Å²) in [5.41, 5.74) is 8.96. The molecule has 2 rings (SSSR count). The number of nitrogens with two attached hydrogens (primary N) is 1. The second-order valence-electron chi connectivity index (χ2n) is 5.27. The van der Waals surface area contributed by atoms with Crippen molar-refractivity contribution in [2.24, 2.45) is 0 Å².